The van der Waals surface area contributed by atoms with Gasteiger partial charge < -0.3 is 19.7 Å². The van der Waals surface area contributed by atoms with Crippen molar-refractivity contribution >= 4 is 35.8 Å². The monoisotopic (exact) mass is 476 g/mol. The Balaban J connectivity index is 0.00000338. The number of halogens is 1. The number of nitrogens with one attached hydrogen (secondary N) is 1. The van der Waals surface area contributed by atoms with Gasteiger partial charge in [-0.2, -0.15) is 0 Å². The molecule has 0 spiro atoms. The van der Waals surface area contributed by atoms with Crippen LogP contribution in [0, 0.1) is 6.92 Å². The average Bonchev–Trinajstić information content (AvgIpc) is 2.89. The van der Waals surface area contributed by atoms with Gasteiger partial charge in [0.15, 0.2) is 5.96 Å². The van der Waals surface area contributed by atoms with Gasteiger partial charge in [0, 0.05) is 38.1 Å². The molecule has 7 nitrogen and oxygen atoms in total. The first kappa shape index (κ1) is 22.7. The topological polar surface area (TPSA) is 65.8 Å². The van der Waals surface area contributed by atoms with Crippen LogP contribution in [0.4, 0.5) is 0 Å². The van der Waals surface area contributed by atoms with Crippen molar-refractivity contribution in [3.05, 3.63) is 18.2 Å². The van der Waals surface area contributed by atoms with Crippen LogP contribution in [0.15, 0.2) is 17.4 Å². The molecule has 1 fully saturated rings. The molecule has 1 aliphatic heterocycles. The Kier molecular flexibility index (Phi) is 8.36. The zero-order valence-corrected chi connectivity index (χ0v) is 19.2. The van der Waals surface area contributed by atoms with E-state index in [4.69, 9.17) is 4.99 Å². The molecule has 148 valence electrons. The lowest BCUT2D eigenvalue weighted by atomic mass is 9.96. The predicted octanol–water partition coefficient (Wildman–Crippen LogP) is 2.11. The van der Waals surface area contributed by atoms with Crippen molar-refractivity contribution in [3.8, 4) is 0 Å². The fourth-order valence-electron chi connectivity index (χ4n) is 3.64. The molecule has 1 N–H and O–H groups in total. The number of aliphatic imine (C=N–C) groups is 1. The zero-order valence-electron chi connectivity index (χ0n) is 16.8. The molecule has 0 bridgehead atoms. The molecule has 1 aromatic rings. The first-order valence-corrected chi connectivity index (χ1v) is 9.09. The van der Waals surface area contributed by atoms with Crippen LogP contribution in [0.25, 0.3) is 0 Å². The summed E-state index contributed by atoms with van der Waals surface area (Å²) in [6.07, 6.45) is 3.77. The highest BCUT2D eigenvalue weighted by molar-refractivity contribution is 14.0. The second kappa shape index (κ2) is 9.57. The minimum absolute atomic E-state index is 0. The highest BCUT2D eigenvalue weighted by Gasteiger charge is 2.40. The number of guanidine groups is 1. The van der Waals surface area contributed by atoms with Crippen LogP contribution in [0.5, 0.6) is 0 Å². The van der Waals surface area contributed by atoms with E-state index in [9.17, 15) is 4.79 Å². The molecular weight excluding hydrogens is 443 g/mol. The zero-order chi connectivity index (χ0) is 18.6. The Morgan fingerprint density at radius 2 is 2.12 bits per heavy atom. The molecule has 2 heterocycles. The summed E-state index contributed by atoms with van der Waals surface area (Å²) in [6, 6.07) is 0.202. The van der Waals surface area contributed by atoms with Gasteiger partial charge >= 0.3 is 0 Å². The van der Waals surface area contributed by atoms with Crippen LogP contribution in [0.3, 0.4) is 0 Å². The van der Waals surface area contributed by atoms with Gasteiger partial charge in [-0.25, -0.2) is 4.98 Å². The summed E-state index contributed by atoms with van der Waals surface area (Å²) < 4.78 is 2.08. The van der Waals surface area contributed by atoms with E-state index in [1.165, 1.54) is 0 Å². The first-order valence-electron chi connectivity index (χ1n) is 9.09. The van der Waals surface area contributed by atoms with Gasteiger partial charge in [0.2, 0.25) is 5.91 Å². The van der Waals surface area contributed by atoms with Gasteiger partial charge in [0.1, 0.15) is 5.82 Å². The number of hydrogen-bond donors (Lipinski definition) is 1. The van der Waals surface area contributed by atoms with Crippen LogP contribution in [0.1, 0.15) is 40.4 Å². The molecule has 0 unspecified atom stereocenters. The summed E-state index contributed by atoms with van der Waals surface area (Å²) in [5, 5.41) is 3.33. The molecule has 0 radical (unpaired) electrons. The second-order valence-electron chi connectivity index (χ2n) is 7.43. The molecule has 26 heavy (non-hydrogen) atoms. The molecule has 0 aliphatic carbocycles. The third-order valence-electron chi connectivity index (χ3n) is 4.50. The van der Waals surface area contributed by atoms with Crippen LogP contribution < -0.4 is 5.32 Å². The lowest BCUT2D eigenvalue weighted by Crippen LogP contribution is -2.66. The van der Waals surface area contributed by atoms with Crippen LogP contribution in [-0.2, 0) is 11.3 Å². The maximum atomic E-state index is 12.7. The van der Waals surface area contributed by atoms with Crippen molar-refractivity contribution < 1.29 is 4.79 Å². The number of rotatable bonds is 5. The van der Waals surface area contributed by atoms with Crippen molar-refractivity contribution in [2.75, 3.05) is 26.2 Å². The Morgan fingerprint density at radius 3 is 2.62 bits per heavy atom. The summed E-state index contributed by atoms with van der Waals surface area (Å²) in [5.74, 6) is 1.95. The number of amides is 1. The Hall–Kier alpha value is -1.32. The van der Waals surface area contributed by atoms with Gasteiger partial charge in [0.25, 0.3) is 0 Å². The van der Waals surface area contributed by atoms with Crippen LogP contribution in [0.2, 0.25) is 0 Å². The second-order valence-corrected chi connectivity index (χ2v) is 7.43. The number of carbonyl (C=O) groups is 1. The number of carbonyl (C=O) groups excluding carboxylic acids is 1. The van der Waals surface area contributed by atoms with E-state index in [1.54, 1.807) is 6.20 Å². The van der Waals surface area contributed by atoms with Crippen molar-refractivity contribution in [2.24, 2.45) is 4.99 Å². The molecule has 8 heteroatoms. The lowest BCUT2D eigenvalue weighted by Gasteiger charge is -2.49. The maximum absolute atomic E-state index is 12.7. The van der Waals surface area contributed by atoms with Gasteiger partial charge in [-0.3, -0.25) is 9.79 Å². The van der Waals surface area contributed by atoms with Crippen molar-refractivity contribution in [1.29, 1.82) is 0 Å². The fourth-order valence-corrected chi connectivity index (χ4v) is 3.64. The summed E-state index contributed by atoms with van der Waals surface area (Å²) in [7, 11) is 0. The van der Waals surface area contributed by atoms with E-state index in [-0.39, 0.29) is 41.5 Å². The minimum atomic E-state index is -0.222. The number of piperazine rings is 1. The highest BCUT2D eigenvalue weighted by Crippen LogP contribution is 2.24. The number of aryl methyl sites for hydroxylation is 1. The quantitative estimate of drug-likeness (QED) is 0.402. The van der Waals surface area contributed by atoms with E-state index in [0.29, 0.717) is 13.1 Å². The molecule has 1 amide bonds. The van der Waals surface area contributed by atoms with Crippen LogP contribution in [-0.4, -0.2) is 69.0 Å². The number of hydrogen-bond acceptors (Lipinski definition) is 3. The Morgan fingerprint density at radius 1 is 1.42 bits per heavy atom. The van der Waals surface area contributed by atoms with Crippen molar-refractivity contribution in [1.82, 2.24) is 24.7 Å². The molecular formula is C18H33IN6O. The molecule has 1 saturated heterocycles. The molecule has 0 saturated carbocycles. The maximum Gasteiger partial charge on any atom is 0.242 e. The van der Waals surface area contributed by atoms with Crippen molar-refractivity contribution in [2.45, 2.75) is 59.7 Å². The Labute approximate surface area is 174 Å². The molecule has 0 atom stereocenters. The molecule has 1 aliphatic rings. The van der Waals surface area contributed by atoms with Gasteiger partial charge in [-0.15, -0.1) is 24.0 Å². The highest BCUT2D eigenvalue weighted by atomic mass is 127. The van der Waals surface area contributed by atoms with E-state index in [0.717, 1.165) is 31.4 Å². The van der Waals surface area contributed by atoms with Gasteiger partial charge in [-0.05, 0) is 41.5 Å². The molecule has 1 aromatic heterocycles. The SMILES string of the molecule is CCNC(=NCCn1ccnc1C)N1CC(=O)N(C(C)C)C(C)(C)C1.I. The first-order chi connectivity index (χ1) is 11.8. The number of nitrogens with zero attached hydrogens (tertiary/aromatic N) is 5. The van der Waals surface area contributed by atoms with Gasteiger partial charge in [-0.1, -0.05) is 0 Å². The summed E-state index contributed by atoms with van der Waals surface area (Å²) in [6.45, 7) is 15.8. The lowest BCUT2D eigenvalue weighted by molar-refractivity contribution is -0.145. The summed E-state index contributed by atoms with van der Waals surface area (Å²) in [4.78, 5) is 25.7. The minimum Gasteiger partial charge on any atom is -0.357 e. The largest absolute Gasteiger partial charge is 0.357 e. The summed E-state index contributed by atoms with van der Waals surface area (Å²) >= 11 is 0. The Bertz CT molecular complexity index is 625. The fraction of sp³-hybridized carbons (Fsp3) is 0.722. The van der Waals surface area contributed by atoms with E-state index < -0.39 is 0 Å². The third kappa shape index (κ3) is 5.34. The van der Waals surface area contributed by atoms with E-state index in [1.807, 2.05) is 24.9 Å². The van der Waals surface area contributed by atoms with Crippen LogP contribution >= 0.6 is 24.0 Å². The molecule has 0 aromatic carbocycles. The van der Waals surface area contributed by atoms with Crippen molar-refractivity contribution in [3.63, 3.8) is 0 Å². The standard InChI is InChI=1S/C18H32N6O.HI/c1-7-19-17(21-9-11-22-10-8-20-15(22)4)23-12-16(25)24(14(2)3)18(5,6)13-23;/h8,10,14H,7,9,11-13H2,1-6H3,(H,19,21);1H. The third-order valence-corrected chi connectivity index (χ3v) is 4.50. The predicted molar refractivity (Wildman–Crippen MR) is 116 cm³/mol. The molecule has 2 rings (SSSR count). The summed E-state index contributed by atoms with van der Waals surface area (Å²) in [5.41, 5.74) is -0.222. The average molecular weight is 476 g/mol. The number of aromatic nitrogens is 2. The smallest absolute Gasteiger partial charge is 0.242 e. The van der Waals surface area contributed by atoms with E-state index >= 15 is 0 Å². The normalized spacial score (nSPS) is 17.5. The van der Waals surface area contributed by atoms with Gasteiger partial charge in [0.05, 0.1) is 18.6 Å². The number of imidazole rings is 1. The van der Waals surface area contributed by atoms with E-state index in [2.05, 4.69) is 47.5 Å².